The summed E-state index contributed by atoms with van der Waals surface area (Å²) in [7, 11) is 0. The Labute approximate surface area is 94.2 Å². The second-order valence-electron chi connectivity index (χ2n) is 3.75. The molecule has 1 N–H and O–H groups in total. The number of aromatic hydroxyl groups is 1. The van der Waals surface area contributed by atoms with Crippen LogP contribution < -0.4 is 0 Å². The highest BCUT2D eigenvalue weighted by molar-refractivity contribution is 5.65. The molecule has 0 aliphatic heterocycles. The molecule has 2 aromatic carbocycles. The van der Waals surface area contributed by atoms with Gasteiger partial charge in [0.1, 0.15) is 11.6 Å². The SMILES string of the molecule is CCc1cccc(-c2cc(O)cc(F)c2)c1. The Morgan fingerprint density at radius 2 is 1.88 bits per heavy atom. The van der Waals surface area contributed by atoms with Crippen molar-refractivity contribution in [3.8, 4) is 16.9 Å². The van der Waals surface area contributed by atoms with Crippen molar-refractivity contribution in [3.63, 3.8) is 0 Å². The Bertz CT molecular complexity index is 486. The van der Waals surface area contributed by atoms with E-state index in [9.17, 15) is 9.50 Å². The van der Waals surface area contributed by atoms with Crippen molar-refractivity contribution in [2.75, 3.05) is 0 Å². The maximum Gasteiger partial charge on any atom is 0.127 e. The molecule has 0 heterocycles. The van der Waals surface area contributed by atoms with Crippen LogP contribution in [0.15, 0.2) is 42.5 Å². The minimum atomic E-state index is -0.420. The summed E-state index contributed by atoms with van der Waals surface area (Å²) in [4.78, 5) is 0. The first kappa shape index (κ1) is 10.7. The third-order valence-electron chi connectivity index (χ3n) is 2.55. The van der Waals surface area contributed by atoms with E-state index in [1.165, 1.54) is 11.6 Å². The van der Waals surface area contributed by atoms with Crippen LogP contribution in [0.3, 0.4) is 0 Å². The van der Waals surface area contributed by atoms with E-state index in [-0.39, 0.29) is 5.75 Å². The lowest BCUT2D eigenvalue weighted by Crippen LogP contribution is -1.84. The maximum atomic E-state index is 13.1. The van der Waals surface area contributed by atoms with E-state index < -0.39 is 5.82 Å². The molecule has 0 aromatic heterocycles. The van der Waals surface area contributed by atoms with Crippen molar-refractivity contribution < 1.29 is 9.50 Å². The van der Waals surface area contributed by atoms with Crippen molar-refractivity contribution in [2.45, 2.75) is 13.3 Å². The van der Waals surface area contributed by atoms with Crippen LogP contribution in [0.2, 0.25) is 0 Å². The maximum absolute atomic E-state index is 13.1. The largest absolute Gasteiger partial charge is 0.508 e. The van der Waals surface area contributed by atoms with Crippen LogP contribution in [0.1, 0.15) is 12.5 Å². The molecule has 0 aliphatic carbocycles. The van der Waals surface area contributed by atoms with Gasteiger partial charge in [-0.15, -0.1) is 0 Å². The normalized spacial score (nSPS) is 10.4. The number of phenolic OH excluding ortho intramolecular Hbond substituents is 1. The number of benzene rings is 2. The van der Waals surface area contributed by atoms with Crippen LogP contribution in [0.5, 0.6) is 5.75 Å². The Kier molecular flexibility index (Phi) is 2.91. The Hall–Kier alpha value is -1.83. The fourth-order valence-electron chi connectivity index (χ4n) is 1.71. The van der Waals surface area contributed by atoms with Gasteiger partial charge in [-0.25, -0.2) is 4.39 Å². The molecular formula is C14H13FO. The van der Waals surface area contributed by atoms with Crippen molar-refractivity contribution in [2.24, 2.45) is 0 Å². The number of hydrogen-bond acceptors (Lipinski definition) is 1. The Morgan fingerprint density at radius 3 is 2.56 bits per heavy atom. The molecule has 2 rings (SSSR count). The number of phenols is 1. The van der Waals surface area contributed by atoms with Crippen LogP contribution in [0.4, 0.5) is 4.39 Å². The second-order valence-corrected chi connectivity index (χ2v) is 3.75. The van der Waals surface area contributed by atoms with Gasteiger partial charge in [0.25, 0.3) is 0 Å². The van der Waals surface area contributed by atoms with E-state index in [1.807, 2.05) is 24.3 Å². The highest BCUT2D eigenvalue weighted by Crippen LogP contribution is 2.25. The topological polar surface area (TPSA) is 20.2 Å². The van der Waals surface area contributed by atoms with E-state index in [2.05, 4.69) is 6.92 Å². The predicted molar refractivity (Wildman–Crippen MR) is 62.9 cm³/mol. The lowest BCUT2D eigenvalue weighted by Gasteiger charge is -2.05. The summed E-state index contributed by atoms with van der Waals surface area (Å²) in [6.45, 7) is 2.07. The van der Waals surface area contributed by atoms with Crippen LogP contribution in [0, 0.1) is 5.82 Å². The number of aryl methyl sites for hydroxylation is 1. The van der Waals surface area contributed by atoms with Crippen LogP contribution in [-0.2, 0) is 6.42 Å². The summed E-state index contributed by atoms with van der Waals surface area (Å²) < 4.78 is 13.1. The first-order valence-electron chi connectivity index (χ1n) is 5.28. The first-order valence-corrected chi connectivity index (χ1v) is 5.28. The molecule has 16 heavy (non-hydrogen) atoms. The third-order valence-corrected chi connectivity index (χ3v) is 2.55. The van der Waals surface area contributed by atoms with Gasteiger partial charge >= 0.3 is 0 Å². The van der Waals surface area contributed by atoms with Gasteiger partial charge < -0.3 is 5.11 Å². The minimum absolute atomic E-state index is 0.0445. The van der Waals surface area contributed by atoms with Crippen LogP contribution >= 0.6 is 0 Å². The molecule has 0 radical (unpaired) electrons. The van der Waals surface area contributed by atoms with E-state index in [0.717, 1.165) is 18.1 Å². The molecule has 0 amide bonds. The molecule has 2 heteroatoms. The molecule has 0 fully saturated rings. The Morgan fingerprint density at radius 1 is 1.06 bits per heavy atom. The molecule has 82 valence electrons. The fraction of sp³-hybridized carbons (Fsp3) is 0.143. The van der Waals surface area contributed by atoms with Gasteiger partial charge in [0.05, 0.1) is 0 Å². The first-order chi connectivity index (χ1) is 7.69. The van der Waals surface area contributed by atoms with Gasteiger partial charge in [-0.05, 0) is 35.2 Å². The molecule has 0 saturated heterocycles. The van der Waals surface area contributed by atoms with Crippen molar-refractivity contribution in [1.82, 2.24) is 0 Å². The summed E-state index contributed by atoms with van der Waals surface area (Å²) in [6.07, 6.45) is 0.940. The van der Waals surface area contributed by atoms with Crippen LogP contribution in [-0.4, -0.2) is 5.11 Å². The zero-order chi connectivity index (χ0) is 11.5. The lowest BCUT2D eigenvalue weighted by molar-refractivity contribution is 0.469. The van der Waals surface area contributed by atoms with E-state index >= 15 is 0 Å². The third kappa shape index (κ3) is 2.22. The summed E-state index contributed by atoms with van der Waals surface area (Å²) in [5.41, 5.74) is 2.82. The van der Waals surface area contributed by atoms with Crippen molar-refractivity contribution >= 4 is 0 Å². The lowest BCUT2D eigenvalue weighted by atomic mass is 10.0. The summed E-state index contributed by atoms with van der Waals surface area (Å²) in [6, 6.07) is 12.0. The van der Waals surface area contributed by atoms with E-state index in [4.69, 9.17) is 0 Å². The second kappa shape index (κ2) is 4.35. The monoisotopic (exact) mass is 216 g/mol. The highest BCUT2D eigenvalue weighted by Gasteiger charge is 2.03. The zero-order valence-corrected chi connectivity index (χ0v) is 9.07. The van der Waals surface area contributed by atoms with Gasteiger partial charge in [0, 0.05) is 6.07 Å². The molecule has 0 atom stereocenters. The van der Waals surface area contributed by atoms with Gasteiger partial charge in [0.2, 0.25) is 0 Å². The van der Waals surface area contributed by atoms with Crippen molar-refractivity contribution in [1.29, 1.82) is 0 Å². The van der Waals surface area contributed by atoms with Crippen LogP contribution in [0.25, 0.3) is 11.1 Å². The van der Waals surface area contributed by atoms with Gasteiger partial charge in [-0.1, -0.05) is 31.2 Å². The highest BCUT2D eigenvalue weighted by atomic mass is 19.1. The smallest absolute Gasteiger partial charge is 0.127 e. The molecule has 0 bridgehead atoms. The summed E-state index contributed by atoms with van der Waals surface area (Å²) >= 11 is 0. The average Bonchev–Trinajstić information content (AvgIpc) is 2.28. The molecule has 0 saturated carbocycles. The molecule has 2 aromatic rings. The Balaban J connectivity index is 2.49. The summed E-state index contributed by atoms with van der Waals surface area (Å²) in [5.74, 6) is -0.464. The average molecular weight is 216 g/mol. The standard InChI is InChI=1S/C14H13FO/c1-2-10-4-3-5-11(6-10)12-7-13(15)9-14(16)8-12/h3-9,16H,2H2,1H3. The van der Waals surface area contributed by atoms with E-state index in [1.54, 1.807) is 6.07 Å². The number of hydrogen-bond donors (Lipinski definition) is 1. The molecular weight excluding hydrogens is 203 g/mol. The number of rotatable bonds is 2. The quantitative estimate of drug-likeness (QED) is 0.810. The van der Waals surface area contributed by atoms with Gasteiger partial charge in [-0.2, -0.15) is 0 Å². The van der Waals surface area contributed by atoms with Gasteiger partial charge in [-0.3, -0.25) is 0 Å². The van der Waals surface area contributed by atoms with Gasteiger partial charge in [0.15, 0.2) is 0 Å². The minimum Gasteiger partial charge on any atom is -0.508 e. The van der Waals surface area contributed by atoms with Crippen molar-refractivity contribution in [3.05, 3.63) is 53.8 Å². The molecule has 1 nitrogen and oxygen atoms in total. The summed E-state index contributed by atoms with van der Waals surface area (Å²) in [5, 5.41) is 9.34. The molecule has 0 aliphatic rings. The predicted octanol–water partition coefficient (Wildman–Crippen LogP) is 3.76. The van der Waals surface area contributed by atoms with E-state index in [0.29, 0.717) is 5.56 Å². The zero-order valence-electron chi connectivity index (χ0n) is 9.07. The fourth-order valence-corrected chi connectivity index (χ4v) is 1.71. The number of halogens is 1. The molecule has 0 spiro atoms. The molecule has 0 unspecified atom stereocenters.